The third-order valence-corrected chi connectivity index (χ3v) is 5.61. The van der Waals surface area contributed by atoms with Crippen molar-refractivity contribution in [1.82, 2.24) is 9.55 Å². The van der Waals surface area contributed by atoms with Crippen LogP contribution in [0, 0.1) is 5.92 Å². The lowest BCUT2D eigenvalue weighted by Crippen LogP contribution is -2.27. The first-order valence-electron chi connectivity index (χ1n) is 10.6. The van der Waals surface area contributed by atoms with Gasteiger partial charge in [0.2, 0.25) is 5.78 Å². The third kappa shape index (κ3) is 4.89. The van der Waals surface area contributed by atoms with Gasteiger partial charge in [0, 0.05) is 38.2 Å². The van der Waals surface area contributed by atoms with Gasteiger partial charge in [-0.1, -0.05) is 66.7 Å². The second-order valence-electron chi connectivity index (χ2n) is 7.99. The van der Waals surface area contributed by atoms with Crippen LogP contribution in [0.25, 0.3) is 10.8 Å². The number of fused-ring (bicyclic) bond motifs is 1. The Labute approximate surface area is 186 Å². The molecular weight excluding hydrogens is 400 g/mol. The summed E-state index contributed by atoms with van der Waals surface area (Å²) >= 11 is 0. The summed E-state index contributed by atoms with van der Waals surface area (Å²) in [5, 5.41) is 2.29. The molecule has 160 valence electrons. The van der Waals surface area contributed by atoms with Crippen LogP contribution in [0.1, 0.15) is 35.1 Å². The van der Waals surface area contributed by atoms with Gasteiger partial charge >= 0.3 is 0 Å². The van der Waals surface area contributed by atoms with Gasteiger partial charge < -0.3 is 4.57 Å². The highest BCUT2D eigenvalue weighted by Gasteiger charge is 2.27. The van der Waals surface area contributed by atoms with Gasteiger partial charge in [0.15, 0.2) is 17.4 Å². The minimum absolute atomic E-state index is 0.0535. The van der Waals surface area contributed by atoms with E-state index in [-0.39, 0.29) is 12.2 Å². The van der Waals surface area contributed by atoms with E-state index in [4.69, 9.17) is 0 Å². The molecule has 0 saturated carbocycles. The molecule has 0 aliphatic heterocycles. The highest BCUT2D eigenvalue weighted by molar-refractivity contribution is 6.37. The first-order chi connectivity index (χ1) is 15.5. The molecule has 32 heavy (non-hydrogen) atoms. The van der Waals surface area contributed by atoms with Crippen molar-refractivity contribution in [1.29, 1.82) is 0 Å². The lowest BCUT2D eigenvalue weighted by Gasteiger charge is -2.14. The molecule has 1 aromatic heterocycles. The van der Waals surface area contributed by atoms with Crippen LogP contribution >= 0.6 is 0 Å². The predicted octanol–water partition coefficient (Wildman–Crippen LogP) is 4.67. The van der Waals surface area contributed by atoms with Crippen molar-refractivity contribution in [2.45, 2.75) is 26.3 Å². The van der Waals surface area contributed by atoms with Crippen LogP contribution in [0.4, 0.5) is 0 Å². The summed E-state index contributed by atoms with van der Waals surface area (Å²) in [6.07, 6.45) is 3.65. The Morgan fingerprint density at radius 1 is 0.875 bits per heavy atom. The van der Waals surface area contributed by atoms with Crippen LogP contribution in [0.15, 0.2) is 85.2 Å². The number of Topliss-reactive ketones (excluding diaryl/α,β-unsaturated/α-hetero) is 3. The molecule has 0 amide bonds. The maximum Gasteiger partial charge on any atom is 0.201 e. The van der Waals surface area contributed by atoms with Gasteiger partial charge in [0.05, 0.1) is 0 Å². The number of benzene rings is 3. The van der Waals surface area contributed by atoms with Crippen molar-refractivity contribution in [3.05, 3.63) is 102 Å². The zero-order chi connectivity index (χ0) is 22.5. The molecular formula is C27H24N2O3. The van der Waals surface area contributed by atoms with Crippen molar-refractivity contribution in [2.75, 3.05) is 0 Å². The normalized spacial score (nSPS) is 11.9. The standard InChI is InChI=1S/C27H24N2O3/c1-19(30)26(32)24(15-20-7-3-2-4-8-20)17-25(31)27-28-13-14-29(27)18-21-11-12-22-9-5-6-10-23(22)16-21/h2-14,16,24H,15,17-18H2,1H3. The number of hydrogen-bond acceptors (Lipinski definition) is 4. The third-order valence-electron chi connectivity index (χ3n) is 5.61. The van der Waals surface area contributed by atoms with Crippen LogP contribution < -0.4 is 0 Å². The summed E-state index contributed by atoms with van der Waals surface area (Å²) < 4.78 is 1.80. The number of carbonyl (C=O) groups excluding carboxylic acids is 3. The maximum atomic E-state index is 13.1. The van der Waals surface area contributed by atoms with Crippen molar-refractivity contribution in [3.63, 3.8) is 0 Å². The highest BCUT2D eigenvalue weighted by Crippen LogP contribution is 2.19. The molecule has 0 aliphatic rings. The molecule has 3 aromatic carbocycles. The molecule has 0 radical (unpaired) electrons. The van der Waals surface area contributed by atoms with E-state index in [2.05, 4.69) is 29.2 Å². The summed E-state index contributed by atoms with van der Waals surface area (Å²) in [6.45, 7) is 1.75. The molecule has 0 spiro atoms. The lowest BCUT2D eigenvalue weighted by molar-refractivity contribution is -0.137. The fourth-order valence-electron chi connectivity index (χ4n) is 3.98. The summed E-state index contributed by atoms with van der Waals surface area (Å²) in [6, 6.07) is 23.7. The molecule has 0 bridgehead atoms. The lowest BCUT2D eigenvalue weighted by atomic mass is 9.89. The molecule has 5 nitrogen and oxygen atoms in total. The molecule has 0 N–H and O–H groups in total. The van der Waals surface area contributed by atoms with Crippen molar-refractivity contribution in [3.8, 4) is 0 Å². The van der Waals surface area contributed by atoms with Gasteiger partial charge in [0.1, 0.15) is 0 Å². The minimum atomic E-state index is -0.701. The Balaban J connectivity index is 1.54. The van der Waals surface area contributed by atoms with E-state index >= 15 is 0 Å². The maximum absolute atomic E-state index is 13.1. The zero-order valence-electron chi connectivity index (χ0n) is 17.9. The Morgan fingerprint density at radius 3 is 2.34 bits per heavy atom. The fraction of sp³-hybridized carbons (Fsp3) is 0.185. The van der Waals surface area contributed by atoms with E-state index in [1.165, 1.54) is 6.92 Å². The Bertz CT molecular complexity index is 1270. The molecule has 0 fully saturated rings. The van der Waals surface area contributed by atoms with Crippen molar-refractivity contribution in [2.24, 2.45) is 5.92 Å². The van der Waals surface area contributed by atoms with Crippen LogP contribution in [0.2, 0.25) is 0 Å². The van der Waals surface area contributed by atoms with Crippen LogP contribution in [-0.4, -0.2) is 26.9 Å². The number of hydrogen-bond donors (Lipinski definition) is 0. The van der Waals surface area contributed by atoms with Crippen LogP contribution in [0.3, 0.4) is 0 Å². The van der Waals surface area contributed by atoms with Gasteiger partial charge in [-0.2, -0.15) is 0 Å². The number of aromatic nitrogens is 2. The van der Waals surface area contributed by atoms with Gasteiger partial charge in [-0.3, -0.25) is 14.4 Å². The Kier molecular flexibility index (Phi) is 6.36. The molecule has 4 rings (SSSR count). The predicted molar refractivity (Wildman–Crippen MR) is 124 cm³/mol. The second-order valence-corrected chi connectivity index (χ2v) is 7.99. The molecule has 0 saturated heterocycles. The van der Waals surface area contributed by atoms with E-state index in [1.807, 2.05) is 48.5 Å². The number of nitrogens with zero attached hydrogens (tertiary/aromatic N) is 2. The summed E-state index contributed by atoms with van der Waals surface area (Å²) in [7, 11) is 0. The summed E-state index contributed by atoms with van der Waals surface area (Å²) in [4.78, 5) is 41.7. The zero-order valence-corrected chi connectivity index (χ0v) is 17.9. The number of rotatable bonds is 9. The van der Waals surface area contributed by atoms with E-state index < -0.39 is 17.5 Å². The van der Waals surface area contributed by atoms with Crippen molar-refractivity contribution >= 4 is 28.1 Å². The summed E-state index contributed by atoms with van der Waals surface area (Å²) in [5.41, 5.74) is 1.97. The van der Waals surface area contributed by atoms with Gasteiger partial charge in [-0.05, 0) is 34.4 Å². The first-order valence-corrected chi connectivity index (χ1v) is 10.6. The number of imidazole rings is 1. The molecule has 0 aliphatic carbocycles. The molecule has 1 heterocycles. The minimum Gasteiger partial charge on any atom is -0.324 e. The largest absolute Gasteiger partial charge is 0.324 e. The Hall–Kier alpha value is -3.86. The number of ketones is 3. The molecule has 1 atom stereocenters. The highest BCUT2D eigenvalue weighted by atomic mass is 16.2. The van der Waals surface area contributed by atoms with E-state index in [1.54, 1.807) is 17.0 Å². The van der Waals surface area contributed by atoms with E-state index in [0.717, 1.165) is 21.9 Å². The second kappa shape index (κ2) is 9.52. The average Bonchev–Trinajstić information content (AvgIpc) is 3.27. The quantitative estimate of drug-likeness (QED) is 0.289. The monoisotopic (exact) mass is 424 g/mol. The van der Waals surface area contributed by atoms with E-state index in [0.29, 0.717) is 18.8 Å². The summed E-state index contributed by atoms with van der Waals surface area (Å²) in [5.74, 6) is -1.69. The number of carbonyl (C=O) groups is 3. The first kappa shape index (κ1) is 21.4. The van der Waals surface area contributed by atoms with Gasteiger partial charge in [0.25, 0.3) is 0 Å². The topological polar surface area (TPSA) is 69.0 Å². The smallest absolute Gasteiger partial charge is 0.201 e. The molecule has 4 aromatic rings. The average molecular weight is 425 g/mol. The van der Waals surface area contributed by atoms with Crippen LogP contribution in [0.5, 0.6) is 0 Å². The van der Waals surface area contributed by atoms with Gasteiger partial charge in [-0.15, -0.1) is 0 Å². The fourth-order valence-corrected chi connectivity index (χ4v) is 3.98. The molecule has 1 unspecified atom stereocenters. The van der Waals surface area contributed by atoms with Crippen molar-refractivity contribution < 1.29 is 14.4 Å². The van der Waals surface area contributed by atoms with Gasteiger partial charge in [-0.25, -0.2) is 4.98 Å². The SMILES string of the molecule is CC(=O)C(=O)C(CC(=O)c1nccn1Cc1ccc2ccccc2c1)Cc1ccccc1. The van der Waals surface area contributed by atoms with E-state index in [9.17, 15) is 14.4 Å². The Morgan fingerprint density at radius 2 is 1.59 bits per heavy atom. The molecule has 5 heteroatoms. The van der Waals surface area contributed by atoms with Crippen LogP contribution in [-0.2, 0) is 22.6 Å².